The molecule has 1 rings (SSSR count). The zero-order valence-corrected chi connectivity index (χ0v) is 13.2. The minimum Gasteiger partial charge on any atom is -0.481 e. The summed E-state index contributed by atoms with van der Waals surface area (Å²) >= 11 is 0. The zero-order chi connectivity index (χ0) is 15.3. The molecule has 1 N–H and O–H groups in total. The van der Waals surface area contributed by atoms with Crippen LogP contribution in [-0.4, -0.2) is 55.9 Å². The molecule has 1 heterocycles. The van der Waals surface area contributed by atoms with Crippen molar-refractivity contribution in [2.75, 3.05) is 26.0 Å². The van der Waals surface area contributed by atoms with Crippen molar-refractivity contribution in [3.8, 4) is 0 Å². The Balaban J connectivity index is 2.69. The van der Waals surface area contributed by atoms with Crippen molar-refractivity contribution < 1.29 is 23.1 Å². The van der Waals surface area contributed by atoms with E-state index >= 15 is 0 Å². The molecular formula is C13H25NO5S. The average molecular weight is 307 g/mol. The maximum atomic E-state index is 12.4. The standard InChI is InChI=1S/C13H25NO5S/c1-10(2)7-12(19-3)9-20(17,18)14-6-4-5-11(8-14)13(15)16/h10-12H,4-9H2,1-3H3,(H,15,16). The third kappa shape index (κ3) is 5.03. The lowest BCUT2D eigenvalue weighted by Crippen LogP contribution is -2.45. The average Bonchev–Trinajstić information content (AvgIpc) is 2.37. The Hall–Kier alpha value is -0.660. The number of carboxylic acid groups (broad SMARTS) is 1. The summed E-state index contributed by atoms with van der Waals surface area (Å²) in [5, 5.41) is 9.02. The summed E-state index contributed by atoms with van der Waals surface area (Å²) in [6.45, 7) is 4.51. The summed E-state index contributed by atoms with van der Waals surface area (Å²) in [7, 11) is -1.95. The summed E-state index contributed by atoms with van der Waals surface area (Å²) in [4.78, 5) is 11.0. The number of hydrogen-bond acceptors (Lipinski definition) is 4. The number of ether oxygens (including phenoxy) is 1. The molecule has 2 unspecified atom stereocenters. The lowest BCUT2D eigenvalue weighted by atomic mass is 10.0. The van der Waals surface area contributed by atoms with E-state index in [9.17, 15) is 13.2 Å². The molecule has 1 aliphatic heterocycles. The molecule has 0 aromatic rings. The molecule has 2 atom stereocenters. The highest BCUT2D eigenvalue weighted by Gasteiger charge is 2.33. The molecule has 1 aliphatic rings. The predicted octanol–water partition coefficient (Wildman–Crippen LogP) is 1.17. The summed E-state index contributed by atoms with van der Waals surface area (Å²) in [6, 6.07) is 0. The van der Waals surface area contributed by atoms with Crippen molar-refractivity contribution in [1.29, 1.82) is 0 Å². The molecule has 6 nitrogen and oxygen atoms in total. The Morgan fingerprint density at radius 2 is 2.10 bits per heavy atom. The highest BCUT2D eigenvalue weighted by molar-refractivity contribution is 7.89. The maximum absolute atomic E-state index is 12.4. The number of rotatable bonds is 7. The van der Waals surface area contributed by atoms with Crippen LogP contribution < -0.4 is 0 Å². The van der Waals surface area contributed by atoms with Gasteiger partial charge in [0.15, 0.2) is 0 Å². The van der Waals surface area contributed by atoms with Gasteiger partial charge in [-0.25, -0.2) is 12.7 Å². The number of carboxylic acids is 1. The molecule has 0 aliphatic carbocycles. The summed E-state index contributed by atoms with van der Waals surface area (Å²) in [5.74, 6) is -1.24. The molecule has 0 aromatic heterocycles. The molecule has 0 amide bonds. The monoisotopic (exact) mass is 307 g/mol. The van der Waals surface area contributed by atoms with Crippen LogP contribution in [0.15, 0.2) is 0 Å². The van der Waals surface area contributed by atoms with Crippen molar-refractivity contribution in [3.63, 3.8) is 0 Å². The van der Waals surface area contributed by atoms with Crippen LogP contribution in [0.1, 0.15) is 33.1 Å². The molecule has 1 fully saturated rings. The maximum Gasteiger partial charge on any atom is 0.307 e. The highest BCUT2D eigenvalue weighted by atomic mass is 32.2. The summed E-state index contributed by atoms with van der Waals surface area (Å²) in [5.41, 5.74) is 0. The van der Waals surface area contributed by atoms with Crippen molar-refractivity contribution in [2.24, 2.45) is 11.8 Å². The molecule has 1 saturated heterocycles. The molecule has 118 valence electrons. The van der Waals surface area contributed by atoms with Crippen LogP contribution in [0.25, 0.3) is 0 Å². The van der Waals surface area contributed by atoms with Crippen molar-refractivity contribution in [1.82, 2.24) is 4.31 Å². The van der Waals surface area contributed by atoms with Crippen LogP contribution in [0.5, 0.6) is 0 Å². The van der Waals surface area contributed by atoms with Gasteiger partial charge >= 0.3 is 5.97 Å². The third-order valence-corrected chi connectivity index (χ3v) is 5.50. The first-order chi connectivity index (χ1) is 9.26. The van der Waals surface area contributed by atoms with E-state index in [1.807, 2.05) is 13.8 Å². The van der Waals surface area contributed by atoms with Gasteiger partial charge in [0.05, 0.1) is 17.8 Å². The number of nitrogens with zero attached hydrogens (tertiary/aromatic N) is 1. The second kappa shape index (κ2) is 7.38. The minimum absolute atomic E-state index is 0.0754. The van der Waals surface area contributed by atoms with Crippen LogP contribution in [0, 0.1) is 11.8 Å². The van der Waals surface area contributed by atoms with Crippen LogP contribution in [0.4, 0.5) is 0 Å². The first kappa shape index (κ1) is 17.4. The van der Waals surface area contributed by atoms with Crippen molar-refractivity contribution in [3.05, 3.63) is 0 Å². The number of methoxy groups -OCH3 is 1. The zero-order valence-electron chi connectivity index (χ0n) is 12.4. The molecule has 0 spiro atoms. The Kier molecular flexibility index (Phi) is 6.42. The number of piperidine rings is 1. The molecule has 20 heavy (non-hydrogen) atoms. The van der Waals surface area contributed by atoms with Crippen molar-refractivity contribution in [2.45, 2.75) is 39.2 Å². The Morgan fingerprint density at radius 1 is 1.45 bits per heavy atom. The molecular weight excluding hydrogens is 282 g/mol. The Bertz CT molecular complexity index is 420. The van der Waals surface area contributed by atoms with Gasteiger partial charge in [0, 0.05) is 20.2 Å². The SMILES string of the molecule is COC(CC(C)C)CS(=O)(=O)N1CCCC(C(=O)O)C1. The van der Waals surface area contributed by atoms with E-state index in [1.54, 1.807) is 0 Å². The van der Waals surface area contributed by atoms with E-state index in [0.29, 0.717) is 31.7 Å². The van der Waals surface area contributed by atoms with Gasteiger partial charge in [0.1, 0.15) is 0 Å². The second-order valence-corrected chi connectivity index (χ2v) is 7.81. The number of carbonyl (C=O) groups is 1. The van der Waals surface area contributed by atoms with Gasteiger partial charge in [-0.05, 0) is 25.2 Å². The number of aliphatic carboxylic acids is 1. The van der Waals surface area contributed by atoms with Gasteiger partial charge in [0.25, 0.3) is 0 Å². The predicted molar refractivity (Wildman–Crippen MR) is 76.0 cm³/mol. The van der Waals surface area contributed by atoms with Crippen LogP contribution >= 0.6 is 0 Å². The van der Waals surface area contributed by atoms with Crippen molar-refractivity contribution >= 4 is 16.0 Å². The summed E-state index contributed by atoms with van der Waals surface area (Å²) < 4.78 is 31.3. The van der Waals surface area contributed by atoms with E-state index in [-0.39, 0.29) is 18.4 Å². The quantitative estimate of drug-likeness (QED) is 0.763. The molecule has 0 aromatic carbocycles. The number of sulfonamides is 1. The fourth-order valence-corrected chi connectivity index (χ4v) is 4.26. The Labute approximate surface area is 121 Å². The van der Waals surface area contributed by atoms with Gasteiger partial charge in [0.2, 0.25) is 10.0 Å². The fourth-order valence-electron chi connectivity index (χ4n) is 2.50. The van der Waals surface area contributed by atoms with Crippen LogP contribution in [0.2, 0.25) is 0 Å². The molecule has 0 radical (unpaired) electrons. The van der Waals surface area contributed by atoms with E-state index in [4.69, 9.17) is 9.84 Å². The van der Waals surface area contributed by atoms with Gasteiger partial charge in [-0.15, -0.1) is 0 Å². The van der Waals surface area contributed by atoms with E-state index < -0.39 is 21.9 Å². The lowest BCUT2D eigenvalue weighted by Gasteiger charge is -2.31. The first-order valence-corrected chi connectivity index (χ1v) is 8.60. The fraction of sp³-hybridized carbons (Fsp3) is 0.923. The largest absolute Gasteiger partial charge is 0.481 e. The van der Waals surface area contributed by atoms with Crippen LogP contribution in [0.3, 0.4) is 0 Å². The third-order valence-electron chi connectivity index (χ3n) is 3.59. The van der Waals surface area contributed by atoms with E-state index in [2.05, 4.69) is 0 Å². The topological polar surface area (TPSA) is 83.9 Å². The van der Waals surface area contributed by atoms with Gasteiger partial charge in [-0.2, -0.15) is 0 Å². The lowest BCUT2D eigenvalue weighted by molar-refractivity contribution is -0.142. The minimum atomic E-state index is -3.46. The van der Waals surface area contributed by atoms with E-state index in [1.165, 1.54) is 11.4 Å². The van der Waals surface area contributed by atoms with Gasteiger partial charge in [-0.3, -0.25) is 4.79 Å². The van der Waals surface area contributed by atoms with E-state index in [0.717, 1.165) is 0 Å². The van der Waals surface area contributed by atoms with Gasteiger partial charge < -0.3 is 9.84 Å². The number of hydrogen-bond donors (Lipinski definition) is 1. The highest BCUT2D eigenvalue weighted by Crippen LogP contribution is 2.21. The molecule has 7 heteroatoms. The molecule has 0 saturated carbocycles. The normalized spacial score (nSPS) is 22.9. The first-order valence-electron chi connectivity index (χ1n) is 6.99. The summed E-state index contributed by atoms with van der Waals surface area (Å²) in [6.07, 6.45) is 1.47. The van der Waals surface area contributed by atoms with Gasteiger partial charge in [-0.1, -0.05) is 13.8 Å². The smallest absolute Gasteiger partial charge is 0.307 e. The van der Waals surface area contributed by atoms with Crippen LogP contribution in [-0.2, 0) is 19.6 Å². The Morgan fingerprint density at radius 3 is 2.60 bits per heavy atom. The molecule has 0 bridgehead atoms. The second-order valence-electron chi connectivity index (χ2n) is 5.80.